The smallest absolute Gasteiger partial charge is 0.410 e. The van der Waals surface area contributed by atoms with Crippen LogP contribution in [0.4, 0.5) is 14.9 Å². The van der Waals surface area contributed by atoms with E-state index in [9.17, 15) is 17.6 Å². The molecule has 3 N–H and O–H groups in total. The predicted octanol–water partition coefficient (Wildman–Crippen LogP) is 2.08. The third kappa shape index (κ3) is 4.26. The lowest BCUT2D eigenvalue weighted by Crippen LogP contribution is -2.18. The normalized spacial score (nSPS) is 11.0. The van der Waals surface area contributed by atoms with Crippen molar-refractivity contribution in [3.8, 4) is 5.75 Å². The number of primary sulfonamides is 1. The number of hydrogen-bond acceptors (Lipinski definition) is 4. The highest BCUT2D eigenvalue weighted by Crippen LogP contribution is 2.18. The van der Waals surface area contributed by atoms with Crippen LogP contribution in [0, 0.1) is 5.82 Å². The van der Waals surface area contributed by atoms with E-state index in [0.717, 1.165) is 18.2 Å². The van der Waals surface area contributed by atoms with Gasteiger partial charge in [0.25, 0.3) is 0 Å². The maximum atomic E-state index is 13.3. The van der Waals surface area contributed by atoms with Gasteiger partial charge in [0.2, 0.25) is 10.0 Å². The molecule has 2 rings (SSSR count). The first kappa shape index (κ1) is 14.9. The molecule has 0 aromatic heterocycles. The number of benzene rings is 2. The number of rotatable bonds is 3. The molecule has 8 heteroatoms. The molecule has 0 unspecified atom stereocenters. The lowest BCUT2D eigenvalue weighted by Gasteiger charge is -2.08. The maximum absolute atomic E-state index is 13.3. The molecule has 0 aliphatic rings. The summed E-state index contributed by atoms with van der Waals surface area (Å²) in [5.74, 6) is -0.561. The number of anilines is 1. The number of nitrogens with two attached hydrogens (primary N) is 1. The topological polar surface area (TPSA) is 98.5 Å². The fourth-order valence-electron chi connectivity index (χ4n) is 1.54. The molecule has 1 amide bonds. The molecule has 0 atom stereocenters. The Labute approximate surface area is 120 Å². The summed E-state index contributed by atoms with van der Waals surface area (Å²) in [7, 11) is -4.07. The zero-order valence-corrected chi connectivity index (χ0v) is 11.4. The molecular formula is C13H11FN2O4S. The fourth-order valence-corrected chi connectivity index (χ4v) is 2.11. The summed E-state index contributed by atoms with van der Waals surface area (Å²) in [6, 6.07) is 10.9. The number of sulfonamides is 1. The summed E-state index contributed by atoms with van der Waals surface area (Å²) in [5.41, 5.74) is -0.0834. The van der Waals surface area contributed by atoms with Gasteiger partial charge in [-0.25, -0.2) is 22.7 Å². The van der Waals surface area contributed by atoms with Gasteiger partial charge in [0, 0.05) is 5.69 Å². The molecule has 6 nitrogen and oxygen atoms in total. The Morgan fingerprint density at radius 3 is 2.43 bits per heavy atom. The highest BCUT2D eigenvalue weighted by Gasteiger charge is 2.13. The van der Waals surface area contributed by atoms with E-state index in [1.807, 2.05) is 0 Å². The second kappa shape index (κ2) is 5.90. The van der Waals surface area contributed by atoms with Crippen LogP contribution in [-0.2, 0) is 10.0 Å². The van der Waals surface area contributed by atoms with Crippen molar-refractivity contribution in [3.63, 3.8) is 0 Å². The van der Waals surface area contributed by atoms with E-state index in [-0.39, 0.29) is 11.4 Å². The van der Waals surface area contributed by atoms with Crippen molar-refractivity contribution >= 4 is 21.8 Å². The minimum absolute atomic E-state index is 0.0834. The van der Waals surface area contributed by atoms with Gasteiger partial charge in [-0.05, 0) is 30.3 Å². The van der Waals surface area contributed by atoms with Crippen molar-refractivity contribution in [1.29, 1.82) is 0 Å². The summed E-state index contributed by atoms with van der Waals surface area (Å²) >= 11 is 0. The first-order valence-electron chi connectivity index (χ1n) is 5.72. The Morgan fingerprint density at radius 1 is 1.14 bits per heavy atom. The number of carbonyl (C=O) groups excluding carboxylic acids is 1. The first-order chi connectivity index (χ1) is 9.84. The molecule has 0 heterocycles. The molecular weight excluding hydrogens is 299 g/mol. The van der Waals surface area contributed by atoms with Crippen LogP contribution in [-0.4, -0.2) is 14.5 Å². The van der Waals surface area contributed by atoms with E-state index < -0.39 is 26.8 Å². The van der Waals surface area contributed by atoms with Gasteiger partial charge in [-0.2, -0.15) is 0 Å². The summed E-state index contributed by atoms with van der Waals surface area (Å²) in [6.45, 7) is 0. The highest BCUT2D eigenvalue weighted by molar-refractivity contribution is 7.89. The average Bonchev–Trinajstić information content (AvgIpc) is 2.37. The minimum atomic E-state index is -4.07. The highest BCUT2D eigenvalue weighted by atomic mass is 32.2. The number of para-hydroxylation sites is 1. The number of carbonyl (C=O) groups is 1. The van der Waals surface area contributed by atoms with E-state index in [0.29, 0.717) is 0 Å². The van der Waals surface area contributed by atoms with Gasteiger partial charge in [0.1, 0.15) is 11.6 Å². The monoisotopic (exact) mass is 310 g/mol. The van der Waals surface area contributed by atoms with Crippen molar-refractivity contribution in [2.24, 2.45) is 5.14 Å². The van der Waals surface area contributed by atoms with Gasteiger partial charge in [0.05, 0.1) is 4.90 Å². The lowest BCUT2D eigenvalue weighted by molar-refractivity contribution is 0.215. The third-order valence-corrected chi connectivity index (χ3v) is 3.29. The van der Waals surface area contributed by atoms with E-state index in [1.165, 1.54) is 0 Å². The Morgan fingerprint density at radius 2 is 1.81 bits per heavy atom. The summed E-state index contributed by atoms with van der Waals surface area (Å²) < 4.78 is 40.6. The van der Waals surface area contributed by atoms with Crippen molar-refractivity contribution in [2.45, 2.75) is 4.90 Å². The zero-order chi connectivity index (χ0) is 15.5. The Hall–Kier alpha value is -2.45. The minimum Gasteiger partial charge on any atom is -0.410 e. The van der Waals surface area contributed by atoms with Crippen LogP contribution in [0.1, 0.15) is 0 Å². The van der Waals surface area contributed by atoms with Gasteiger partial charge in [0.15, 0.2) is 0 Å². The third-order valence-electron chi connectivity index (χ3n) is 2.40. The molecule has 0 saturated heterocycles. The summed E-state index contributed by atoms with van der Waals surface area (Å²) in [4.78, 5) is 11.2. The van der Waals surface area contributed by atoms with Gasteiger partial charge < -0.3 is 4.74 Å². The van der Waals surface area contributed by atoms with E-state index in [1.54, 1.807) is 30.3 Å². The molecule has 0 radical (unpaired) electrons. The Bertz CT molecular complexity index is 763. The van der Waals surface area contributed by atoms with Crippen molar-refractivity contribution in [2.75, 3.05) is 5.32 Å². The quantitative estimate of drug-likeness (QED) is 0.906. The first-order valence-corrected chi connectivity index (χ1v) is 7.26. The van der Waals surface area contributed by atoms with E-state index in [4.69, 9.17) is 9.88 Å². The van der Waals surface area contributed by atoms with Crippen LogP contribution in [0.3, 0.4) is 0 Å². The van der Waals surface area contributed by atoms with Crippen molar-refractivity contribution < 1.29 is 22.3 Å². The molecule has 0 saturated carbocycles. The van der Waals surface area contributed by atoms with Gasteiger partial charge in [-0.3, -0.25) is 5.32 Å². The van der Waals surface area contributed by atoms with Crippen LogP contribution >= 0.6 is 0 Å². The Balaban J connectivity index is 2.16. The molecule has 0 aliphatic heterocycles. The van der Waals surface area contributed by atoms with Crippen LogP contribution in [0.15, 0.2) is 53.4 Å². The number of hydrogen-bond donors (Lipinski definition) is 2. The molecule has 21 heavy (non-hydrogen) atoms. The van der Waals surface area contributed by atoms with Crippen molar-refractivity contribution in [1.82, 2.24) is 0 Å². The van der Waals surface area contributed by atoms with E-state index in [2.05, 4.69) is 5.32 Å². The SMILES string of the molecule is NS(=O)(=O)c1cc(F)cc(NC(=O)Oc2ccccc2)c1. The lowest BCUT2D eigenvalue weighted by atomic mass is 10.3. The largest absolute Gasteiger partial charge is 0.417 e. The van der Waals surface area contributed by atoms with E-state index >= 15 is 0 Å². The number of amides is 1. The maximum Gasteiger partial charge on any atom is 0.417 e. The molecule has 110 valence electrons. The molecule has 2 aromatic carbocycles. The molecule has 0 aliphatic carbocycles. The molecule has 0 fully saturated rings. The second-order valence-corrected chi connectivity index (χ2v) is 5.61. The Kier molecular flexibility index (Phi) is 4.20. The molecule has 2 aromatic rings. The summed E-state index contributed by atoms with van der Waals surface area (Å²) in [5, 5.41) is 7.13. The van der Waals surface area contributed by atoms with Crippen LogP contribution < -0.4 is 15.2 Å². The van der Waals surface area contributed by atoms with Crippen molar-refractivity contribution in [3.05, 3.63) is 54.3 Å². The number of nitrogens with one attached hydrogen (secondary N) is 1. The van der Waals surface area contributed by atoms with Gasteiger partial charge in [-0.15, -0.1) is 0 Å². The predicted molar refractivity (Wildman–Crippen MR) is 73.9 cm³/mol. The molecule has 0 bridgehead atoms. The van der Waals surface area contributed by atoms with Crippen LogP contribution in [0.2, 0.25) is 0 Å². The van der Waals surface area contributed by atoms with Gasteiger partial charge in [-0.1, -0.05) is 18.2 Å². The molecule has 0 spiro atoms. The second-order valence-electron chi connectivity index (χ2n) is 4.05. The number of halogens is 1. The standard InChI is InChI=1S/C13H11FN2O4S/c14-9-6-10(8-12(7-9)21(15,18)19)16-13(17)20-11-4-2-1-3-5-11/h1-8H,(H,16,17)(H2,15,18,19). The van der Waals surface area contributed by atoms with Gasteiger partial charge >= 0.3 is 6.09 Å². The fraction of sp³-hybridized carbons (Fsp3) is 0. The van der Waals surface area contributed by atoms with Crippen LogP contribution in [0.5, 0.6) is 5.75 Å². The summed E-state index contributed by atoms with van der Waals surface area (Å²) in [6.07, 6.45) is -0.882. The average molecular weight is 310 g/mol. The number of ether oxygens (including phenoxy) is 1. The van der Waals surface area contributed by atoms with Crippen LogP contribution in [0.25, 0.3) is 0 Å². The zero-order valence-electron chi connectivity index (χ0n) is 10.6.